The van der Waals surface area contributed by atoms with E-state index in [2.05, 4.69) is 5.32 Å². The third-order valence-electron chi connectivity index (χ3n) is 3.70. The molecule has 1 aromatic heterocycles. The van der Waals surface area contributed by atoms with Gasteiger partial charge in [0.25, 0.3) is 5.91 Å². The molecule has 0 radical (unpaired) electrons. The van der Waals surface area contributed by atoms with Gasteiger partial charge in [0.05, 0.1) is 12.1 Å². The predicted octanol–water partition coefficient (Wildman–Crippen LogP) is 1.70. The average Bonchev–Trinajstić information content (AvgIpc) is 3.16. The Labute approximate surface area is 140 Å². The first-order valence-electron chi connectivity index (χ1n) is 7.14. The quantitative estimate of drug-likeness (QED) is 0.890. The van der Waals surface area contributed by atoms with E-state index in [0.717, 1.165) is 5.69 Å². The number of para-hydroxylation sites is 1. The number of furan rings is 1. The van der Waals surface area contributed by atoms with Crippen LogP contribution >= 0.6 is 12.4 Å². The van der Waals surface area contributed by atoms with Gasteiger partial charge in [-0.15, -0.1) is 12.4 Å². The molecule has 1 aliphatic heterocycles. The number of benzene rings is 1. The van der Waals surface area contributed by atoms with Crippen LogP contribution in [0.3, 0.4) is 0 Å². The highest BCUT2D eigenvalue weighted by Gasteiger charge is 2.33. The zero-order valence-electron chi connectivity index (χ0n) is 12.4. The fourth-order valence-electron chi connectivity index (χ4n) is 2.53. The van der Waals surface area contributed by atoms with Gasteiger partial charge >= 0.3 is 0 Å². The Kier molecular flexibility index (Phi) is 5.41. The summed E-state index contributed by atoms with van der Waals surface area (Å²) in [6, 6.07) is 10.5. The fourth-order valence-corrected chi connectivity index (χ4v) is 2.53. The van der Waals surface area contributed by atoms with Crippen LogP contribution in [0.2, 0.25) is 0 Å². The Bertz CT molecular complexity index is 687. The van der Waals surface area contributed by atoms with Gasteiger partial charge in [0, 0.05) is 12.2 Å². The van der Waals surface area contributed by atoms with Crippen molar-refractivity contribution in [3.63, 3.8) is 0 Å². The average molecular weight is 336 g/mol. The maximum Gasteiger partial charge on any atom is 0.255 e. The Hall–Kier alpha value is -2.31. The molecule has 3 N–H and O–H groups in total. The zero-order chi connectivity index (χ0) is 15.5. The number of hydrogen-bond acceptors (Lipinski definition) is 4. The van der Waals surface area contributed by atoms with E-state index in [-0.39, 0.29) is 30.8 Å². The molecule has 6 nitrogen and oxygen atoms in total. The number of amides is 2. The molecule has 0 aliphatic carbocycles. The second-order valence-electron chi connectivity index (χ2n) is 5.15. The Morgan fingerprint density at radius 3 is 2.74 bits per heavy atom. The normalized spacial score (nSPS) is 17.0. The molecule has 1 fully saturated rings. The highest BCUT2D eigenvalue weighted by Crippen LogP contribution is 2.21. The second-order valence-corrected chi connectivity index (χ2v) is 5.15. The molecule has 1 atom stereocenters. The van der Waals surface area contributed by atoms with Crippen LogP contribution in [0.25, 0.3) is 0 Å². The summed E-state index contributed by atoms with van der Waals surface area (Å²) in [6.45, 7) is 0.824. The minimum atomic E-state index is -0.510. The van der Waals surface area contributed by atoms with E-state index in [1.165, 1.54) is 6.26 Å². The molecule has 2 heterocycles. The molecule has 23 heavy (non-hydrogen) atoms. The fraction of sp³-hybridized carbons (Fsp3) is 0.250. The number of hydrogen-bond donors (Lipinski definition) is 2. The summed E-state index contributed by atoms with van der Waals surface area (Å²) in [5.74, 6) is 0.118. The van der Waals surface area contributed by atoms with Gasteiger partial charge in [0.1, 0.15) is 18.1 Å². The van der Waals surface area contributed by atoms with Gasteiger partial charge < -0.3 is 20.4 Å². The number of halogens is 1. The molecule has 2 aromatic rings. The lowest BCUT2D eigenvalue weighted by atomic mass is 10.2. The first kappa shape index (κ1) is 17.1. The monoisotopic (exact) mass is 335 g/mol. The van der Waals surface area contributed by atoms with E-state index in [0.29, 0.717) is 24.3 Å². The van der Waals surface area contributed by atoms with Gasteiger partial charge in [-0.25, -0.2) is 0 Å². The van der Waals surface area contributed by atoms with E-state index >= 15 is 0 Å². The molecule has 1 aliphatic rings. The lowest BCUT2D eigenvalue weighted by Crippen LogP contribution is -2.41. The van der Waals surface area contributed by atoms with E-state index in [1.807, 2.05) is 30.3 Å². The van der Waals surface area contributed by atoms with Crippen LogP contribution in [0.4, 0.5) is 5.69 Å². The molecule has 1 aromatic carbocycles. The Balaban J connectivity index is 0.00000192. The van der Waals surface area contributed by atoms with Gasteiger partial charge in [-0.05, 0) is 24.6 Å². The molecule has 0 bridgehead atoms. The van der Waals surface area contributed by atoms with Crippen molar-refractivity contribution < 1.29 is 14.0 Å². The Morgan fingerprint density at radius 2 is 2.09 bits per heavy atom. The SMILES string of the molecule is Cl.NCc1cc(C(=O)NC2CCN(c3ccccc3)C2=O)co1. The Morgan fingerprint density at radius 1 is 1.35 bits per heavy atom. The summed E-state index contributed by atoms with van der Waals surface area (Å²) in [5.41, 5.74) is 6.67. The summed E-state index contributed by atoms with van der Waals surface area (Å²) in [4.78, 5) is 26.2. The lowest BCUT2D eigenvalue weighted by molar-refractivity contribution is -0.118. The van der Waals surface area contributed by atoms with E-state index in [4.69, 9.17) is 10.2 Å². The van der Waals surface area contributed by atoms with Crippen molar-refractivity contribution in [3.8, 4) is 0 Å². The third-order valence-corrected chi connectivity index (χ3v) is 3.70. The molecule has 0 spiro atoms. The van der Waals surface area contributed by atoms with Gasteiger partial charge in [-0.3, -0.25) is 9.59 Å². The van der Waals surface area contributed by atoms with Crippen molar-refractivity contribution in [1.29, 1.82) is 0 Å². The first-order valence-corrected chi connectivity index (χ1v) is 7.14. The number of nitrogens with zero attached hydrogens (tertiary/aromatic N) is 1. The first-order chi connectivity index (χ1) is 10.7. The van der Waals surface area contributed by atoms with Gasteiger partial charge in [-0.2, -0.15) is 0 Å². The second kappa shape index (κ2) is 7.30. The maximum absolute atomic E-state index is 12.4. The predicted molar refractivity (Wildman–Crippen MR) is 88.5 cm³/mol. The summed E-state index contributed by atoms with van der Waals surface area (Å²) >= 11 is 0. The molecule has 1 saturated heterocycles. The van der Waals surface area contributed by atoms with Crippen LogP contribution in [0.1, 0.15) is 22.5 Å². The molecular formula is C16H18ClN3O3. The lowest BCUT2D eigenvalue weighted by Gasteiger charge is -2.16. The van der Waals surface area contributed by atoms with Crippen LogP contribution in [0.15, 0.2) is 47.1 Å². The van der Waals surface area contributed by atoms with Gasteiger partial charge in [0.2, 0.25) is 5.91 Å². The van der Waals surface area contributed by atoms with Crippen molar-refractivity contribution in [2.75, 3.05) is 11.4 Å². The highest BCUT2D eigenvalue weighted by molar-refractivity contribution is 6.03. The van der Waals surface area contributed by atoms with E-state index < -0.39 is 6.04 Å². The number of anilines is 1. The minimum Gasteiger partial charge on any atom is -0.467 e. The summed E-state index contributed by atoms with van der Waals surface area (Å²) < 4.78 is 5.14. The smallest absolute Gasteiger partial charge is 0.255 e. The molecule has 7 heteroatoms. The summed E-state index contributed by atoms with van der Waals surface area (Å²) in [7, 11) is 0. The van der Waals surface area contributed by atoms with Gasteiger partial charge in [-0.1, -0.05) is 18.2 Å². The number of nitrogens with two attached hydrogens (primary N) is 1. The van der Waals surface area contributed by atoms with Crippen LogP contribution in [-0.2, 0) is 11.3 Å². The van der Waals surface area contributed by atoms with E-state index in [9.17, 15) is 9.59 Å². The number of carbonyl (C=O) groups is 2. The topological polar surface area (TPSA) is 88.6 Å². The van der Waals surface area contributed by atoms with Crippen molar-refractivity contribution >= 4 is 29.9 Å². The van der Waals surface area contributed by atoms with Crippen molar-refractivity contribution in [2.45, 2.75) is 19.0 Å². The third kappa shape index (κ3) is 3.55. The minimum absolute atomic E-state index is 0. The number of carbonyl (C=O) groups excluding carboxylic acids is 2. The van der Waals surface area contributed by atoms with Crippen molar-refractivity contribution in [2.24, 2.45) is 5.73 Å². The number of nitrogens with one attached hydrogen (secondary N) is 1. The van der Waals surface area contributed by atoms with Crippen LogP contribution in [-0.4, -0.2) is 24.4 Å². The molecule has 0 saturated carbocycles. The van der Waals surface area contributed by atoms with Crippen LogP contribution in [0.5, 0.6) is 0 Å². The maximum atomic E-state index is 12.4. The summed E-state index contributed by atoms with van der Waals surface area (Å²) in [5, 5.41) is 2.75. The van der Waals surface area contributed by atoms with Crippen molar-refractivity contribution in [3.05, 3.63) is 54.0 Å². The molecule has 122 valence electrons. The van der Waals surface area contributed by atoms with E-state index in [1.54, 1.807) is 11.0 Å². The van der Waals surface area contributed by atoms with Crippen LogP contribution < -0.4 is 16.0 Å². The molecular weight excluding hydrogens is 318 g/mol. The van der Waals surface area contributed by atoms with Crippen molar-refractivity contribution in [1.82, 2.24) is 5.32 Å². The van der Waals surface area contributed by atoms with Crippen LogP contribution in [0, 0.1) is 0 Å². The molecule has 2 amide bonds. The van der Waals surface area contributed by atoms with Gasteiger partial charge in [0.15, 0.2) is 0 Å². The largest absolute Gasteiger partial charge is 0.467 e. The number of rotatable bonds is 4. The standard InChI is InChI=1S/C16H17N3O3.ClH/c17-9-13-8-11(10-22-13)15(20)18-14-6-7-19(16(14)21)12-4-2-1-3-5-12;/h1-5,8,10,14H,6-7,9,17H2,(H,18,20);1H. The summed E-state index contributed by atoms with van der Waals surface area (Å²) in [6.07, 6.45) is 1.94. The highest BCUT2D eigenvalue weighted by atomic mass is 35.5. The molecule has 1 unspecified atom stereocenters. The molecule has 3 rings (SSSR count). The zero-order valence-corrected chi connectivity index (χ0v) is 13.2.